The fourth-order valence-electron chi connectivity index (χ4n) is 3.46. The van der Waals surface area contributed by atoms with Crippen LogP contribution in [0.3, 0.4) is 0 Å². The molecule has 1 atom stereocenters. The molecule has 0 amide bonds. The van der Waals surface area contributed by atoms with Gasteiger partial charge in [-0.25, -0.2) is 12.7 Å². The van der Waals surface area contributed by atoms with E-state index in [4.69, 9.17) is 9.73 Å². The molecule has 0 spiro atoms. The van der Waals surface area contributed by atoms with Gasteiger partial charge in [0.25, 0.3) is 0 Å². The molecule has 2 heterocycles. The number of rotatable bonds is 6. The Morgan fingerprint density at radius 2 is 1.88 bits per heavy atom. The third-order valence-corrected chi connectivity index (χ3v) is 6.17. The van der Waals surface area contributed by atoms with Crippen molar-refractivity contribution in [3.63, 3.8) is 0 Å². The van der Waals surface area contributed by atoms with Crippen LogP contribution in [0.1, 0.15) is 26.2 Å². The predicted molar refractivity (Wildman–Crippen MR) is 96.7 cm³/mol. The van der Waals surface area contributed by atoms with Gasteiger partial charge in [-0.15, -0.1) is 0 Å². The summed E-state index contributed by atoms with van der Waals surface area (Å²) in [5.74, 6) is 2.03. The highest BCUT2D eigenvalue weighted by atomic mass is 32.2. The van der Waals surface area contributed by atoms with Crippen molar-refractivity contribution < 1.29 is 13.2 Å². The second-order valence-corrected chi connectivity index (χ2v) is 8.84. The third-order valence-electron chi connectivity index (χ3n) is 4.86. The number of nitrogens with zero attached hydrogens (tertiary/aromatic N) is 3. The smallest absolute Gasteiger partial charge is 0.211 e. The minimum atomic E-state index is -3.05. The summed E-state index contributed by atoms with van der Waals surface area (Å²) in [6, 6.07) is 0. The van der Waals surface area contributed by atoms with E-state index in [2.05, 4.69) is 17.1 Å². The highest BCUT2D eigenvalue weighted by molar-refractivity contribution is 7.88. The lowest BCUT2D eigenvalue weighted by atomic mass is 9.98. The quantitative estimate of drug-likeness (QED) is 0.554. The van der Waals surface area contributed by atoms with Crippen LogP contribution in [0.4, 0.5) is 0 Å². The number of hydrogen-bond acceptors (Lipinski definition) is 4. The summed E-state index contributed by atoms with van der Waals surface area (Å²) in [5, 5.41) is 3.39. The molecular formula is C16H32N4O3S. The molecule has 140 valence electrons. The van der Waals surface area contributed by atoms with Crippen LogP contribution in [0.15, 0.2) is 4.99 Å². The number of ether oxygens (including phenoxy) is 1. The first kappa shape index (κ1) is 19.5. The van der Waals surface area contributed by atoms with E-state index >= 15 is 0 Å². The van der Waals surface area contributed by atoms with Crippen LogP contribution in [0.2, 0.25) is 0 Å². The van der Waals surface area contributed by atoms with Crippen LogP contribution in [0.25, 0.3) is 0 Å². The summed E-state index contributed by atoms with van der Waals surface area (Å²) in [6.45, 7) is 7.77. The highest BCUT2D eigenvalue weighted by Crippen LogP contribution is 2.20. The molecule has 0 aliphatic carbocycles. The van der Waals surface area contributed by atoms with Crippen LogP contribution in [0, 0.1) is 11.8 Å². The number of methoxy groups -OCH3 is 1. The van der Waals surface area contributed by atoms with Crippen LogP contribution < -0.4 is 5.32 Å². The van der Waals surface area contributed by atoms with E-state index in [0.29, 0.717) is 24.9 Å². The molecule has 0 aromatic heterocycles. The van der Waals surface area contributed by atoms with Gasteiger partial charge >= 0.3 is 0 Å². The van der Waals surface area contributed by atoms with Crippen molar-refractivity contribution in [1.29, 1.82) is 0 Å². The van der Waals surface area contributed by atoms with Gasteiger partial charge in [0.05, 0.1) is 12.9 Å². The topological polar surface area (TPSA) is 74.2 Å². The second kappa shape index (κ2) is 9.01. The number of aliphatic imine (C=N–C) groups is 1. The molecular weight excluding hydrogens is 328 g/mol. The maximum atomic E-state index is 11.6. The predicted octanol–water partition coefficient (Wildman–Crippen LogP) is 0.592. The Balaban J connectivity index is 1.86. The summed E-state index contributed by atoms with van der Waals surface area (Å²) < 4.78 is 30.0. The molecule has 1 unspecified atom stereocenters. The molecule has 2 saturated heterocycles. The molecule has 1 N–H and O–H groups in total. The Hall–Kier alpha value is -0.860. The average Bonchev–Trinajstić information content (AvgIpc) is 3.00. The minimum absolute atomic E-state index is 0.467. The largest absolute Gasteiger partial charge is 0.384 e. The van der Waals surface area contributed by atoms with Crippen molar-refractivity contribution in [2.45, 2.75) is 26.2 Å². The second-order valence-electron chi connectivity index (χ2n) is 6.86. The Labute approximate surface area is 146 Å². The van der Waals surface area contributed by atoms with Gasteiger partial charge in [-0.05, 0) is 32.1 Å². The van der Waals surface area contributed by atoms with Crippen molar-refractivity contribution in [3.05, 3.63) is 0 Å². The maximum absolute atomic E-state index is 11.6. The first-order valence-electron chi connectivity index (χ1n) is 8.91. The molecule has 8 heteroatoms. The SMILES string of the molecule is CCNC(=NCC1CCN(S(C)(=O)=O)CC1)N1CCC(COC)C1. The highest BCUT2D eigenvalue weighted by Gasteiger charge is 2.27. The van der Waals surface area contributed by atoms with Gasteiger partial charge in [0, 0.05) is 52.3 Å². The summed E-state index contributed by atoms with van der Waals surface area (Å²) in [5.41, 5.74) is 0. The molecule has 0 aromatic carbocycles. The molecule has 2 rings (SSSR count). The van der Waals surface area contributed by atoms with Crippen LogP contribution >= 0.6 is 0 Å². The standard InChI is InChI=1S/C16H32N4O3S/c1-4-17-16(19-8-5-15(12-19)13-23-2)18-11-14-6-9-20(10-7-14)24(3,21)22/h14-15H,4-13H2,1-3H3,(H,17,18). The van der Waals surface area contributed by atoms with Gasteiger partial charge in [0.15, 0.2) is 5.96 Å². The summed E-state index contributed by atoms with van der Waals surface area (Å²) in [7, 11) is -1.29. The zero-order valence-electron chi connectivity index (χ0n) is 15.2. The third kappa shape index (κ3) is 5.60. The van der Waals surface area contributed by atoms with E-state index in [0.717, 1.165) is 58.0 Å². The number of likely N-dealkylation sites (tertiary alicyclic amines) is 1. The van der Waals surface area contributed by atoms with Crippen LogP contribution in [0.5, 0.6) is 0 Å². The van der Waals surface area contributed by atoms with E-state index in [9.17, 15) is 8.42 Å². The number of guanidine groups is 1. The Morgan fingerprint density at radius 3 is 2.46 bits per heavy atom. The molecule has 2 fully saturated rings. The van der Waals surface area contributed by atoms with Gasteiger partial charge in [0.2, 0.25) is 10.0 Å². The van der Waals surface area contributed by atoms with Crippen molar-refractivity contribution in [3.8, 4) is 0 Å². The summed E-state index contributed by atoms with van der Waals surface area (Å²) >= 11 is 0. The molecule has 2 aliphatic rings. The summed E-state index contributed by atoms with van der Waals surface area (Å²) in [6.07, 6.45) is 4.22. The Bertz CT molecular complexity index is 515. The first-order chi connectivity index (χ1) is 11.4. The first-order valence-corrected chi connectivity index (χ1v) is 10.8. The van der Waals surface area contributed by atoms with E-state index < -0.39 is 10.0 Å². The molecule has 24 heavy (non-hydrogen) atoms. The van der Waals surface area contributed by atoms with Crippen molar-refractivity contribution in [2.24, 2.45) is 16.8 Å². The minimum Gasteiger partial charge on any atom is -0.384 e. The van der Waals surface area contributed by atoms with E-state index in [-0.39, 0.29) is 0 Å². The van der Waals surface area contributed by atoms with Gasteiger partial charge in [-0.2, -0.15) is 0 Å². The van der Waals surface area contributed by atoms with Gasteiger partial charge in [-0.1, -0.05) is 0 Å². The average molecular weight is 361 g/mol. The number of hydrogen-bond donors (Lipinski definition) is 1. The normalized spacial score (nSPS) is 24.5. The zero-order valence-corrected chi connectivity index (χ0v) is 16.0. The van der Waals surface area contributed by atoms with E-state index in [1.165, 1.54) is 6.26 Å². The number of piperidine rings is 1. The van der Waals surface area contributed by atoms with Crippen molar-refractivity contribution in [2.75, 3.05) is 59.2 Å². The zero-order chi connectivity index (χ0) is 17.6. The summed E-state index contributed by atoms with van der Waals surface area (Å²) in [4.78, 5) is 7.14. The van der Waals surface area contributed by atoms with Gasteiger partial charge in [-0.3, -0.25) is 4.99 Å². The Morgan fingerprint density at radius 1 is 1.21 bits per heavy atom. The number of sulfonamides is 1. The molecule has 7 nitrogen and oxygen atoms in total. The number of nitrogens with one attached hydrogen (secondary N) is 1. The fourth-order valence-corrected chi connectivity index (χ4v) is 4.34. The lowest BCUT2D eigenvalue weighted by molar-refractivity contribution is 0.157. The lowest BCUT2D eigenvalue weighted by Crippen LogP contribution is -2.41. The molecule has 2 aliphatic heterocycles. The molecule has 0 radical (unpaired) electrons. The molecule has 0 saturated carbocycles. The van der Waals surface area contributed by atoms with Crippen molar-refractivity contribution >= 4 is 16.0 Å². The van der Waals surface area contributed by atoms with Crippen LogP contribution in [-0.4, -0.2) is 82.8 Å². The van der Waals surface area contributed by atoms with E-state index in [1.807, 2.05) is 0 Å². The molecule has 0 aromatic rings. The molecule has 0 bridgehead atoms. The van der Waals surface area contributed by atoms with Crippen LogP contribution in [-0.2, 0) is 14.8 Å². The fraction of sp³-hybridized carbons (Fsp3) is 0.938. The monoisotopic (exact) mass is 360 g/mol. The van der Waals surface area contributed by atoms with Crippen molar-refractivity contribution in [1.82, 2.24) is 14.5 Å². The Kier molecular flexibility index (Phi) is 7.31. The maximum Gasteiger partial charge on any atom is 0.211 e. The van der Waals surface area contributed by atoms with Gasteiger partial charge in [0.1, 0.15) is 0 Å². The lowest BCUT2D eigenvalue weighted by Gasteiger charge is -2.30. The van der Waals surface area contributed by atoms with E-state index in [1.54, 1.807) is 11.4 Å². The van der Waals surface area contributed by atoms with Gasteiger partial charge < -0.3 is 15.0 Å².